The zero-order valence-electron chi connectivity index (χ0n) is 9.97. The summed E-state index contributed by atoms with van der Waals surface area (Å²) in [6, 6.07) is 0.804. The number of nitrogens with one attached hydrogen (secondary N) is 1. The van der Waals surface area contributed by atoms with Crippen molar-refractivity contribution in [3.63, 3.8) is 0 Å². The van der Waals surface area contributed by atoms with Crippen molar-refractivity contribution in [2.75, 3.05) is 31.6 Å². The van der Waals surface area contributed by atoms with Crippen LogP contribution < -0.4 is 5.32 Å². The van der Waals surface area contributed by atoms with Crippen molar-refractivity contribution in [2.24, 2.45) is 0 Å². The van der Waals surface area contributed by atoms with Gasteiger partial charge in [-0.05, 0) is 39.6 Å². The molecule has 1 unspecified atom stereocenters. The van der Waals surface area contributed by atoms with E-state index >= 15 is 0 Å². The van der Waals surface area contributed by atoms with E-state index in [0.29, 0.717) is 0 Å². The Morgan fingerprint density at radius 1 is 1.50 bits per heavy atom. The van der Waals surface area contributed by atoms with Gasteiger partial charge in [0, 0.05) is 23.9 Å². The second-order valence-electron chi connectivity index (χ2n) is 4.85. The molecular weight excluding hydrogens is 192 g/mol. The normalized spacial score (nSPS) is 23.4. The zero-order chi connectivity index (χ0) is 10.6. The van der Waals surface area contributed by atoms with Crippen molar-refractivity contribution in [1.29, 1.82) is 0 Å². The van der Waals surface area contributed by atoms with Crippen LogP contribution in [-0.4, -0.2) is 48.1 Å². The van der Waals surface area contributed by atoms with Gasteiger partial charge >= 0.3 is 0 Å². The number of nitrogens with zero attached hydrogens (tertiary/aromatic N) is 1. The lowest BCUT2D eigenvalue weighted by molar-refractivity contribution is 0.195. The summed E-state index contributed by atoms with van der Waals surface area (Å²) in [5, 5.41) is 3.53. The van der Waals surface area contributed by atoms with Gasteiger partial charge in [-0.15, -0.1) is 0 Å². The third kappa shape index (κ3) is 3.79. The summed E-state index contributed by atoms with van der Waals surface area (Å²) in [7, 11) is 2.26. The summed E-state index contributed by atoms with van der Waals surface area (Å²) in [5.74, 6) is 2.66. The van der Waals surface area contributed by atoms with E-state index in [4.69, 9.17) is 0 Å². The molecule has 1 N–H and O–H groups in total. The highest BCUT2D eigenvalue weighted by molar-refractivity contribution is 7.99. The Labute approximate surface area is 92.8 Å². The Hall–Kier alpha value is 0.270. The van der Waals surface area contributed by atoms with Crippen molar-refractivity contribution < 1.29 is 0 Å². The predicted octanol–water partition coefficient (Wildman–Crippen LogP) is 1.81. The molecule has 0 saturated carbocycles. The molecule has 14 heavy (non-hydrogen) atoms. The van der Waals surface area contributed by atoms with Crippen LogP contribution in [-0.2, 0) is 0 Å². The van der Waals surface area contributed by atoms with Crippen LogP contribution in [0.15, 0.2) is 0 Å². The third-order valence-electron chi connectivity index (χ3n) is 2.83. The SMILES string of the molecule is CCNC(C)(C)CN(C)C1CCSC1. The second-order valence-corrected chi connectivity index (χ2v) is 6.00. The van der Waals surface area contributed by atoms with Crippen molar-refractivity contribution in [2.45, 2.75) is 38.8 Å². The molecule has 1 aliphatic heterocycles. The molecule has 1 heterocycles. The molecule has 0 radical (unpaired) electrons. The first-order valence-electron chi connectivity index (χ1n) is 5.58. The number of rotatable bonds is 5. The summed E-state index contributed by atoms with van der Waals surface area (Å²) < 4.78 is 0. The molecule has 1 aliphatic rings. The lowest BCUT2D eigenvalue weighted by Gasteiger charge is -2.34. The molecule has 1 rings (SSSR count). The largest absolute Gasteiger partial charge is 0.311 e. The highest BCUT2D eigenvalue weighted by Gasteiger charge is 2.25. The summed E-state index contributed by atoms with van der Waals surface area (Å²) >= 11 is 2.09. The van der Waals surface area contributed by atoms with Crippen LogP contribution >= 0.6 is 11.8 Å². The highest BCUT2D eigenvalue weighted by Crippen LogP contribution is 2.22. The van der Waals surface area contributed by atoms with Gasteiger partial charge in [0.2, 0.25) is 0 Å². The van der Waals surface area contributed by atoms with Crippen LogP contribution in [0, 0.1) is 0 Å². The average Bonchev–Trinajstić information content (AvgIpc) is 2.53. The monoisotopic (exact) mass is 216 g/mol. The Bertz CT molecular complexity index is 165. The molecule has 3 heteroatoms. The van der Waals surface area contributed by atoms with E-state index in [2.05, 4.69) is 49.8 Å². The molecule has 1 saturated heterocycles. The van der Waals surface area contributed by atoms with E-state index in [-0.39, 0.29) is 5.54 Å². The minimum atomic E-state index is 0.247. The molecule has 1 fully saturated rings. The van der Waals surface area contributed by atoms with Crippen LogP contribution in [0.3, 0.4) is 0 Å². The van der Waals surface area contributed by atoms with Crippen molar-refractivity contribution >= 4 is 11.8 Å². The average molecular weight is 216 g/mol. The molecule has 0 spiro atoms. The molecule has 0 aromatic heterocycles. The maximum absolute atomic E-state index is 3.53. The first-order valence-corrected chi connectivity index (χ1v) is 6.73. The number of hydrogen-bond donors (Lipinski definition) is 1. The topological polar surface area (TPSA) is 15.3 Å². The molecule has 1 atom stereocenters. The van der Waals surface area contributed by atoms with Crippen LogP contribution in [0.5, 0.6) is 0 Å². The molecule has 0 bridgehead atoms. The lowest BCUT2D eigenvalue weighted by Crippen LogP contribution is -2.50. The van der Waals surface area contributed by atoms with Gasteiger partial charge in [-0.25, -0.2) is 0 Å². The number of thioether (sulfide) groups is 1. The maximum Gasteiger partial charge on any atom is 0.0252 e. The van der Waals surface area contributed by atoms with Crippen LogP contribution in [0.25, 0.3) is 0 Å². The predicted molar refractivity (Wildman–Crippen MR) is 66.1 cm³/mol. The fourth-order valence-corrected chi connectivity index (χ4v) is 3.46. The summed E-state index contributed by atoms with van der Waals surface area (Å²) in [5.41, 5.74) is 0.247. The Kier molecular flexibility index (Phi) is 4.74. The van der Waals surface area contributed by atoms with E-state index in [0.717, 1.165) is 19.1 Å². The van der Waals surface area contributed by atoms with E-state index in [1.165, 1.54) is 17.9 Å². The standard InChI is InChI=1S/C11H24N2S/c1-5-12-11(2,3)9-13(4)10-6-7-14-8-10/h10,12H,5-9H2,1-4H3. The first kappa shape index (κ1) is 12.3. The second kappa shape index (κ2) is 5.38. The fraction of sp³-hybridized carbons (Fsp3) is 1.00. The lowest BCUT2D eigenvalue weighted by atomic mass is 10.0. The van der Waals surface area contributed by atoms with Gasteiger partial charge in [0.1, 0.15) is 0 Å². The van der Waals surface area contributed by atoms with Crippen LogP contribution in [0.4, 0.5) is 0 Å². The highest BCUT2D eigenvalue weighted by atomic mass is 32.2. The molecule has 2 nitrogen and oxygen atoms in total. The van der Waals surface area contributed by atoms with Gasteiger partial charge in [-0.1, -0.05) is 6.92 Å². The Balaban J connectivity index is 2.34. The van der Waals surface area contributed by atoms with Crippen molar-refractivity contribution in [1.82, 2.24) is 10.2 Å². The minimum Gasteiger partial charge on any atom is -0.311 e. The van der Waals surface area contributed by atoms with E-state index in [9.17, 15) is 0 Å². The van der Waals surface area contributed by atoms with Crippen molar-refractivity contribution in [3.05, 3.63) is 0 Å². The van der Waals surface area contributed by atoms with Gasteiger partial charge in [0.25, 0.3) is 0 Å². The van der Waals surface area contributed by atoms with Gasteiger partial charge in [0.15, 0.2) is 0 Å². The molecule has 0 aliphatic carbocycles. The zero-order valence-corrected chi connectivity index (χ0v) is 10.8. The summed E-state index contributed by atoms with van der Waals surface area (Å²) in [4.78, 5) is 2.52. The smallest absolute Gasteiger partial charge is 0.0252 e. The van der Waals surface area contributed by atoms with E-state index in [1.54, 1.807) is 0 Å². The fourth-order valence-electron chi connectivity index (χ4n) is 2.16. The molecule has 0 amide bonds. The maximum atomic E-state index is 3.53. The van der Waals surface area contributed by atoms with E-state index in [1.807, 2.05) is 0 Å². The Morgan fingerprint density at radius 3 is 2.71 bits per heavy atom. The third-order valence-corrected chi connectivity index (χ3v) is 3.97. The summed E-state index contributed by atoms with van der Waals surface area (Å²) in [6.07, 6.45) is 1.36. The number of hydrogen-bond acceptors (Lipinski definition) is 3. The first-order chi connectivity index (χ1) is 6.55. The van der Waals surface area contributed by atoms with Gasteiger partial charge in [-0.2, -0.15) is 11.8 Å². The number of likely N-dealkylation sites (N-methyl/N-ethyl adjacent to an activating group) is 2. The molecule has 84 valence electrons. The molecule has 0 aromatic rings. The molecule has 0 aromatic carbocycles. The van der Waals surface area contributed by atoms with Crippen LogP contribution in [0.2, 0.25) is 0 Å². The van der Waals surface area contributed by atoms with Crippen molar-refractivity contribution in [3.8, 4) is 0 Å². The van der Waals surface area contributed by atoms with Crippen LogP contribution in [0.1, 0.15) is 27.2 Å². The summed E-state index contributed by atoms with van der Waals surface area (Å²) in [6.45, 7) is 8.95. The van der Waals surface area contributed by atoms with Gasteiger partial charge in [0.05, 0.1) is 0 Å². The van der Waals surface area contributed by atoms with Gasteiger partial charge in [-0.3, -0.25) is 0 Å². The molecular formula is C11H24N2S. The quantitative estimate of drug-likeness (QED) is 0.754. The van der Waals surface area contributed by atoms with Gasteiger partial charge < -0.3 is 10.2 Å². The van der Waals surface area contributed by atoms with E-state index < -0.39 is 0 Å². The minimum absolute atomic E-state index is 0.247. The Morgan fingerprint density at radius 2 is 2.21 bits per heavy atom.